The molecule has 1 rings (SSSR count). The first-order valence-electron chi connectivity index (χ1n) is 4.14. The fourth-order valence-electron chi connectivity index (χ4n) is 0.923. The van der Waals surface area contributed by atoms with Gasteiger partial charge < -0.3 is 5.73 Å². The van der Waals surface area contributed by atoms with E-state index in [1.165, 1.54) is 11.8 Å². The number of primary amides is 1. The predicted molar refractivity (Wildman–Crippen MR) is 56.3 cm³/mol. The highest BCUT2D eigenvalue weighted by Gasteiger charge is 2.09. The molecule has 0 radical (unpaired) electrons. The van der Waals surface area contributed by atoms with Crippen molar-refractivity contribution < 1.29 is 9.59 Å². The third-order valence-corrected chi connectivity index (χ3v) is 2.82. The Hall–Kier alpha value is -1.29. The maximum absolute atomic E-state index is 10.8. The molecule has 0 fully saturated rings. The third kappa shape index (κ3) is 2.88. The van der Waals surface area contributed by atoms with Gasteiger partial charge in [0.05, 0.1) is 5.25 Å². The summed E-state index contributed by atoms with van der Waals surface area (Å²) in [4.78, 5) is 22.1. The lowest BCUT2D eigenvalue weighted by Crippen LogP contribution is -2.22. The first-order chi connectivity index (χ1) is 6.63. The maximum Gasteiger partial charge on any atom is 0.230 e. The van der Waals surface area contributed by atoms with Gasteiger partial charge in [0, 0.05) is 10.5 Å². The molecule has 2 N–H and O–H groups in total. The SMILES string of the molecule is CC(Sc1cccc(C=O)c1)C(N)=O. The molecule has 0 heterocycles. The minimum atomic E-state index is -0.355. The van der Waals surface area contributed by atoms with E-state index in [1.54, 1.807) is 25.1 Å². The number of rotatable bonds is 4. The van der Waals surface area contributed by atoms with Crippen molar-refractivity contribution in [2.45, 2.75) is 17.1 Å². The summed E-state index contributed by atoms with van der Waals surface area (Å²) in [5, 5.41) is -0.281. The predicted octanol–water partition coefficient (Wildman–Crippen LogP) is 1.46. The zero-order valence-corrected chi connectivity index (χ0v) is 8.58. The highest BCUT2D eigenvalue weighted by atomic mass is 32.2. The average Bonchev–Trinajstić information content (AvgIpc) is 2.18. The second kappa shape index (κ2) is 4.81. The van der Waals surface area contributed by atoms with Crippen LogP contribution in [-0.4, -0.2) is 17.4 Å². The monoisotopic (exact) mass is 209 g/mol. The molecule has 4 heteroatoms. The van der Waals surface area contributed by atoms with E-state index in [4.69, 9.17) is 5.73 Å². The molecule has 0 spiro atoms. The van der Waals surface area contributed by atoms with Crippen molar-refractivity contribution in [3.8, 4) is 0 Å². The van der Waals surface area contributed by atoms with Crippen LogP contribution in [0.15, 0.2) is 29.2 Å². The van der Waals surface area contributed by atoms with E-state index in [-0.39, 0.29) is 11.2 Å². The van der Waals surface area contributed by atoms with Crippen LogP contribution in [0.25, 0.3) is 0 Å². The Kier molecular flexibility index (Phi) is 3.71. The number of hydrogen-bond donors (Lipinski definition) is 1. The van der Waals surface area contributed by atoms with Crippen LogP contribution in [0.4, 0.5) is 0 Å². The first-order valence-corrected chi connectivity index (χ1v) is 5.02. The molecule has 0 aliphatic rings. The minimum absolute atomic E-state index is 0.281. The largest absolute Gasteiger partial charge is 0.369 e. The van der Waals surface area contributed by atoms with Crippen LogP contribution in [0.2, 0.25) is 0 Å². The Labute approximate surface area is 86.7 Å². The number of nitrogens with two attached hydrogens (primary N) is 1. The molecule has 0 aliphatic carbocycles. The summed E-state index contributed by atoms with van der Waals surface area (Å²) >= 11 is 1.35. The van der Waals surface area contributed by atoms with Gasteiger partial charge in [-0.1, -0.05) is 12.1 Å². The molecule has 0 saturated carbocycles. The summed E-state index contributed by atoms with van der Waals surface area (Å²) in [6.07, 6.45) is 0.777. The summed E-state index contributed by atoms with van der Waals surface area (Å²) in [6.45, 7) is 1.74. The van der Waals surface area contributed by atoms with Crippen molar-refractivity contribution in [1.82, 2.24) is 0 Å². The molecule has 1 aromatic rings. The second-order valence-corrected chi connectivity index (χ2v) is 4.27. The molecule has 1 aromatic carbocycles. The molecule has 0 saturated heterocycles. The molecule has 1 unspecified atom stereocenters. The van der Waals surface area contributed by atoms with E-state index >= 15 is 0 Å². The summed E-state index contributed by atoms with van der Waals surface area (Å²) in [5.41, 5.74) is 5.73. The van der Waals surface area contributed by atoms with Crippen LogP contribution >= 0.6 is 11.8 Å². The summed E-state index contributed by atoms with van der Waals surface area (Å²) in [5.74, 6) is -0.355. The lowest BCUT2D eigenvalue weighted by molar-refractivity contribution is -0.117. The minimum Gasteiger partial charge on any atom is -0.369 e. The molecular weight excluding hydrogens is 198 g/mol. The lowest BCUT2D eigenvalue weighted by atomic mass is 10.2. The van der Waals surface area contributed by atoms with Gasteiger partial charge in [-0.3, -0.25) is 9.59 Å². The van der Waals surface area contributed by atoms with E-state index in [1.807, 2.05) is 6.07 Å². The van der Waals surface area contributed by atoms with Gasteiger partial charge in [-0.05, 0) is 19.1 Å². The van der Waals surface area contributed by atoms with Gasteiger partial charge in [-0.2, -0.15) is 0 Å². The summed E-state index contributed by atoms with van der Waals surface area (Å²) in [7, 11) is 0. The standard InChI is InChI=1S/C10H11NO2S/c1-7(10(11)13)14-9-4-2-3-8(5-9)6-12/h2-7H,1H3,(H2,11,13). The highest BCUT2D eigenvalue weighted by Crippen LogP contribution is 2.23. The molecule has 0 aromatic heterocycles. The van der Waals surface area contributed by atoms with Crippen molar-refractivity contribution in [3.63, 3.8) is 0 Å². The zero-order chi connectivity index (χ0) is 10.6. The molecule has 14 heavy (non-hydrogen) atoms. The van der Waals surface area contributed by atoms with Crippen LogP contribution in [0.3, 0.4) is 0 Å². The van der Waals surface area contributed by atoms with Gasteiger partial charge in [0.15, 0.2) is 0 Å². The van der Waals surface area contributed by atoms with Crippen LogP contribution < -0.4 is 5.73 Å². The van der Waals surface area contributed by atoms with E-state index in [9.17, 15) is 9.59 Å². The quantitative estimate of drug-likeness (QED) is 0.603. The number of carbonyl (C=O) groups excluding carboxylic acids is 2. The number of amides is 1. The fourth-order valence-corrected chi connectivity index (χ4v) is 1.81. The second-order valence-electron chi connectivity index (χ2n) is 2.85. The Morgan fingerprint density at radius 1 is 1.57 bits per heavy atom. The molecule has 1 amide bonds. The number of benzene rings is 1. The van der Waals surface area contributed by atoms with E-state index in [2.05, 4.69) is 0 Å². The highest BCUT2D eigenvalue weighted by molar-refractivity contribution is 8.00. The van der Waals surface area contributed by atoms with Gasteiger partial charge >= 0.3 is 0 Å². The number of carbonyl (C=O) groups is 2. The smallest absolute Gasteiger partial charge is 0.230 e. The number of thioether (sulfide) groups is 1. The first kappa shape index (κ1) is 10.8. The topological polar surface area (TPSA) is 60.2 Å². The Balaban J connectivity index is 2.76. The van der Waals surface area contributed by atoms with Gasteiger partial charge in [-0.25, -0.2) is 0 Å². The average molecular weight is 209 g/mol. The van der Waals surface area contributed by atoms with Crippen LogP contribution in [-0.2, 0) is 4.79 Å². The van der Waals surface area contributed by atoms with Crippen molar-refractivity contribution >= 4 is 24.0 Å². The normalized spacial score (nSPS) is 12.1. The van der Waals surface area contributed by atoms with Gasteiger partial charge in [0.2, 0.25) is 5.91 Å². The maximum atomic E-state index is 10.8. The Morgan fingerprint density at radius 3 is 2.86 bits per heavy atom. The van der Waals surface area contributed by atoms with E-state index in [0.29, 0.717) is 5.56 Å². The molecule has 3 nitrogen and oxygen atoms in total. The van der Waals surface area contributed by atoms with Crippen LogP contribution in [0, 0.1) is 0 Å². The van der Waals surface area contributed by atoms with Crippen molar-refractivity contribution in [2.75, 3.05) is 0 Å². The molecule has 0 aliphatic heterocycles. The lowest BCUT2D eigenvalue weighted by Gasteiger charge is -2.06. The van der Waals surface area contributed by atoms with Crippen molar-refractivity contribution in [3.05, 3.63) is 29.8 Å². The third-order valence-electron chi connectivity index (χ3n) is 1.71. The van der Waals surface area contributed by atoms with Gasteiger partial charge in [0.1, 0.15) is 6.29 Å². The number of aldehydes is 1. The van der Waals surface area contributed by atoms with Crippen LogP contribution in [0.1, 0.15) is 17.3 Å². The van der Waals surface area contributed by atoms with Crippen molar-refractivity contribution in [1.29, 1.82) is 0 Å². The fraction of sp³-hybridized carbons (Fsp3) is 0.200. The zero-order valence-electron chi connectivity index (χ0n) is 7.77. The molecular formula is C10H11NO2S. The van der Waals surface area contributed by atoms with E-state index in [0.717, 1.165) is 11.2 Å². The van der Waals surface area contributed by atoms with Crippen molar-refractivity contribution in [2.24, 2.45) is 5.73 Å². The van der Waals surface area contributed by atoms with Gasteiger partial charge in [-0.15, -0.1) is 11.8 Å². The van der Waals surface area contributed by atoms with E-state index < -0.39 is 0 Å². The van der Waals surface area contributed by atoms with Crippen LogP contribution in [0.5, 0.6) is 0 Å². The Bertz CT molecular complexity index is 352. The summed E-state index contributed by atoms with van der Waals surface area (Å²) in [6, 6.07) is 7.07. The molecule has 0 bridgehead atoms. The number of hydrogen-bond acceptors (Lipinski definition) is 3. The summed E-state index contributed by atoms with van der Waals surface area (Å²) < 4.78 is 0. The Morgan fingerprint density at radius 2 is 2.29 bits per heavy atom. The molecule has 74 valence electrons. The van der Waals surface area contributed by atoms with Gasteiger partial charge in [0.25, 0.3) is 0 Å². The molecule has 1 atom stereocenters.